The molecule has 22 heavy (non-hydrogen) atoms. The van der Waals surface area contributed by atoms with Gasteiger partial charge >= 0.3 is 0 Å². The molecule has 0 saturated heterocycles. The molecule has 0 N–H and O–H groups in total. The lowest BCUT2D eigenvalue weighted by Crippen LogP contribution is -2.26. The quantitative estimate of drug-likeness (QED) is 0.596. The van der Waals surface area contributed by atoms with Crippen molar-refractivity contribution < 1.29 is 4.79 Å². The fourth-order valence-electron chi connectivity index (χ4n) is 2.44. The highest BCUT2D eigenvalue weighted by Gasteiger charge is 2.23. The molecular formula is C18H19N3O. The summed E-state index contributed by atoms with van der Waals surface area (Å²) in [4.78, 5) is 11.5. The number of allylic oxidation sites excluding steroid dienone is 1. The van der Waals surface area contributed by atoms with Crippen LogP contribution in [0.3, 0.4) is 0 Å². The van der Waals surface area contributed by atoms with E-state index in [0.717, 1.165) is 35.4 Å². The molecular weight excluding hydrogens is 274 g/mol. The summed E-state index contributed by atoms with van der Waals surface area (Å²) in [7, 11) is 0. The number of ketones is 1. The number of rotatable bonds is 6. The highest BCUT2D eigenvalue weighted by Crippen LogP contribution is 2.29. The van der Waals surface area contributed by atoms with Crippen molar-refractivity contribution in [1.82, 2.24) is 5.01 Å². The van der Waals surface area contributed by atoms with Gasteiger partial charge in [0.05, 0.1) is 29.5 Å². The molecule has 0 saturated carbocycles. The molecule has 1 aliphatic rings. The van der Waals surface area contributed by atoms with Crippen LogP contribution in [-0.2, 0) is 4.79 Å². The van der Waals surface area contributed by atoms with Crippen molar-refractivity contribution in [2.24, 2.45) is 5.10 Å². The molecule has 0 radical (unpaired) electrons. The Bertz CT molecular complexity index is 695. The minimum Gasteiger partial charge on any atom is -0.300 e. The molecule has 0 aromatic heterocycles. The van der Waals surface area contributed by atoms with Crippen molar-refractivity contribution in [1.29, 1.82) is 5.26 Å². The van der Waals surface area contributed by atoms with Crippen LogP contribution in [0.5, 0.6) is 0 Å². The molecule has 0 unspecified atom stereocenters. The highest BCUT2D eigenvalue weighted by atomic mass is 16.1. The monoisotopic (exact) mass is 293 g/mol. The molecule has 1 aliphatic heterocycles. The van der Waals surface area contributed by atoms with Crippen LogP contribution >= 0.6 is 0 Å². The van der Waals surface area contributed by atoms with Crippen molar-refractivity contribution in [2.75, 3.05) is 6.54 Å². The van der Waals surface area contributed by atoms with Crippen LogP contribution in [0.15, 0.2) is 42.5 Å². The zero-order valence-electron chi connectivity index (χ0n) is 12.8. The van der Waals surface area contributed by atoms with Crippen molar-refractivity contribution in [3.63, 3.8) is 0 Å². The van der Waals surface area contributed by atoms with E-state index >= 15 is 0 Å². The van der Waals surface area contributed by atoms with E-state index in [2.05, 4.69) is 24.3 Å². The third kappa shape index (κ3) is 3.32. The number of hydrazone groups is 1. The molecule has 1 aromatic rings. The molecule has 0 aliphatic carbocycles. The van der Waals surface area contributed by atoms with Gasteiger partial charge < -0.3 is 0 Å². The largest absolute Gasteiger partial charge is 0.300 e. The maximum atomic E-state index is 11.5. The van der Waals surface area contributed by atoms with Crippen LogP contribution in [0, 0.1) is 11.3 Å². The first-order valence-electron chi connectivity index (χ1n) is 7.26. The molecule has 2 rings (SSSR count). The summed E-state index contributed by atoms with van der Waals surface area (Å²) in [6, 6.07) is 7.55. The summed E-state index contributed by atoms with van der Waals surface area (Å²) < 4.78 is 0. The average Bonchev–Trinajstić information content (AvgIpc) is 2.50. The fraction of sp³-hybridized carbons (Fsp3) is 0.278. The Hall–Kier alpha value is -2.67. The molecule has 1 aromatic carbocycles. The van der Waals surface area contributed by atoms with Gasteiger partial charge in [-0.15, -0.1) is 6.58 Å². The average molecular weight is 293 g/mol. The van der Waals surface area contributed by atoms with Crippen LogP contribution in [-0.4, -0.2) is 23.0 Å². The predicted octanol–water partition coefficient (Wildman–Crippen LogP) is 3.49. The number of carbonyl (C=O) groups excluding carboxylic acids is 1. The summed E-state index contributed by atoms with van der Waals surface area (Å²) >= 11 is 0. The van der Waals surface area contributed by atoms with Gasteiger partial charge in [-0.05, 0) is 31.9 Å². The minimum absolute atomic E-state index is 0.0626. The standard InChI is InChI=1S/C18H19N3O/c1-4-5-6-9-21-14(3)17-11-15(12-19)7-8-16(17)18(20-21)10-13(2)22/h4,7-8,11H,1,3,5-6,9-10H2,2H3. The van der Waals surface area contributed by atoms with E-state index in [9.17, 15) is 4.79 Å². The zero-order chi connectivity index (χ0) is 16.1. The lowest BCUT2D eigenvalue weighted by Gasteiger charge is -2.29. The van der Waals surface area contributed by atoms with Crippen molar-refractivity contribution in [2.45, 2.75) is 26.2 Å². The summed E-state index contributed by atoms with van der Waals surface area (Å²) in [6.07, 6.45) is 3.96. The van der Waals surface area contributed by atoms with Gasteiger partial charge in [0.15, 0.2) is 0 Å². The maximum Gasteiger partial charge on any atom is 0.135 e. The summed E-state index contributed by atoms with van der Waals surface area (Å²) in [5, 5.41) is 15.5. The molecule has 4 nitrogen and oxygen atoms in total. The first kappa shape index (κ1) is 15.7. The van der Waals surface area contributed by atoms with Crippen LogP contribution in [0.25, 0.3) is 5.70 Å². The van der Waals surface area contributed by atoms with Gasteiger partial charge in [0.25, 0.3) is 0 Å². The molecule has 4 heteroatoms. The Balaban J connectivity index is 2.40. The van der Waals surface area contributed by atoms with Crippen molar-refractivity contribution >= 4 is 17.2 Å². The zero-order valence-corrected chi connectivity index (χ0v) is 12.8. The molecule has 0 spiro atoms. The predicted molar refractivity (Wildman–Crippen MR) is 88.2 cm³/mol. The number of hydrogen-bond donors (Lipinski definition) is 0. The Morgan fingerprint density at radius 2 is 2.23 bits per heavy atom. The first-order valence-corrected chi connectivity index (χ1v) is 7.26. The smallest absolute Gasteiger partial charge is 0.135 e. The molecule has 0 amide bonds. The van der Waals surface area contributed by atoms with Gasteiger partial charge in [-0.25, -0.2) is 0 Å². The van der Waals surface area contributed by atoms with E-state index in [0.29, 0.717) is 12.1 Å². The van der Waals surface area contributed by atoms with Gasteiger partial charge in [0.1, 0.15) is 5.78 Å². The number of unbranched alkanes of at least 4 members (excludes halogenated alkanes) is 1. The van der Waals surface area contributed by atoms with Gasteiger partial charge in [-0.2, -0.15) is 10.4 Å². The SMILES string of the molecule is C=CCCCN1N=C(CC(C)=O)c2ccc(C#N)cc2C1=C. The van der Waals surface area contributed by atoms with E-state index in [1.165, 1.54) is 0 Å². The van der Waals surface area contributed by atoms with E-state index < -0.39 is 0 Å². The fourth-order valence-corrected chi connectivity index (χ4v) is 2.44. The molecule has 112 valence electrons. The number of hydrogen-bond acceptors (Lipinski definition) is 4. The molecule has 0 bridgehead atoms. The van der Waals surface area contributed by atoms with Gasteiger partial charge in [0, 0.05) is 17.7 Å². The Labute approximate surface area is 131 Å². The summed E-state index contributed by atoms with van der Waals surface area (Å²) in [5.41, 5.74) is 3.85. The molecule has 0 fully saturated rings. The van der Waals surface area contributed by atoms with Crippen LogP contribution < -0.4 is 0 Å². The Kier molecular flexibility index (Phi) is 4.90. The number of benzene rings is 1. The maximum absolute atomic E-state index is 11.5. The van der Waals surface area contributed by atoms with E-state index in [1.54, 1.807) is 13.0 Å². The molecule has 1 heterocycles. The Morgan fingerprint density at radius 1 is 1.45 bits per heavy atom. The van der Waals surface area contributed by atoms with Crippen molar-refractivity contribution in [3.8, 4) is 6.07 Å². The van der Waals surface area contributed by atoms with E-state index in [4.69, 9.17) is 5.26 Å². The lowest BCUT2D eigenvalue weighted by molar-refractivity contribution is -0.115. The van der Waals surface area contributed by atoms with Gasteiger partial charge in [-0.3, -0.25) is 9.80 Å². The van der Waals surface area contributed by atoms with Crippen LogP contribution in [0.1, 0.15) is 42.9 Å². The Morgan fingerprint density at radius 3 is 2.86 bits per heavy atom. The lowest BCUT2D eigenvalue weighted by atomic mass is 9.94. The van der Waals surface area contributed by atoms with Crippen molar-refractivity contribution in [3.05, 3.63) is 54.1 Å². The van der Waals surface area contributed by atoms with Gasteiger partial charge in [-0.1, -0.05) is 18.7 Å². The highest BCUT2D eigenvalue weighted by molar-refractivity contribution is 6.13. The number of Topliss-reactive ketones (excluding diaryl/α,β-unsaturated/α-hetero) is 1. The van der Waals surface area contributed by atoms with E-state index in [1.807, 2.05) is 23.2 Å². The van der Waals surface area contributed by atoms with Crippen LogP contribution in [0.2, 0.25) is 0 Å². The van der Waals surface area contributed by atoms with Crippen LogP contribution in [0.4, 0.5) is 0 Å². The second-order valence-electron chi connectivity index (χ2n) is 5.30. The summed E-state index contributed by atoms with van der Waals surface area (Å²) in [5.74, 6) is 0.0626. The second kappa shape index (κ2) is 6.86. The normalized spacial score (nSPS) is 13.2. The number of fused-ring (bicyclic) bond motifs is 1. The first-order chi connectivity index (χ1) is 10.6. The third-order valence-electron chi connectivity index (χ3n) is 3.52. The topological polar surface area (TPSA) is 56.5 Å². The third-order valence-corrected chi connectivity index (χ3v) is 3.52. The van der Waals surface area contributed by atoms with Gasteiger partial charge in [0.2, 0.25) is 0 Å². The number of nitrogens with zero attached hydrogens (tertiary/aromatic N) is 3. The number of nitriles is 1. The summed E-state index contributed by atoms with van der Waals surface area (Å²) in [6.45, 7) is 10.1. The number of carbonyl (C=O) groups is 1. The second-order valence-corrected chi connectivity index (χ2v) is 5.30. The molecule has 0 atom stereocenters. The minimum atomic E-state index is 0.0626. The van der Waals surface area contributed by atoms with E-state index in [-0.39, 0.29) is 12.2 Å².